The molecule has 0 saturated carbocycles. The first-order chi connectivity index (χ1) is 11.8. The van der Waals surface area contributed by atoms with Crippen LogP contribution >= 0.6 is 11.3 Å². The SMILES string of the molecule is O=C1N[C@H](/C=C/c2ccccc2)Nc2scc(-c3ccccc3)c21. The molecule has 118 valence electrons. The van der Waals surface area contributed by atoms with Gasteiger partial charge in [0.05, 0.1) is 5.56 Å². The number of anilines is 1. The van der Waals surface area contributed by atoms with E-state index in [4.69, 9.17) is 0 Å². The summed E-state index contributed by atoms with van der Waals surface area (Å²) >= 11 is 1.57. The quantitative estimate of drug-likeness (QED) is 0.735. The van der Waals surface area contributed by atoms with Gasteiger partial charge in [0.1, 0.15) is 11.2 Å². The second kappa shape index (κ2) is 6.34. The molecule has 0 saturated heterocycles. The van der Waals surface area contributed by atoms with Crippen LogP contribution in [0.4, 0.5) is 5.00 Å². The first kappa shape index (κ1) is 14.7. The molecule has 2 N–H and O–H groups in total. The van der Waals surface area contributed by atoms with Gasteiger partial charge in [-0.05, 0) is 17.2 Å². The van der Waals surface area contributed by atoms with Crippen molar-refractivity contribution in [3.63, 3.8) is 0 Å². The molecule has 0 spiro atoms. The second-order valence-corrected chi connectivity index (χ2v) is 6.46. The van der Waals surface area contributed by atoms with Gasteiger partial charge in [0.25, 0.3) is 5.91 Å². The van der Waals surface area contributed by atoms with E-state index in [2.05, 4.69) is 10.6 Å². The van der Waals surface area contributed by atoms with Crippen LogP contribution < -0.4 is 10.6 Å². The van der Waals surface area contributed by atoms with Gasteiger partial charge in [-0.2, -0.15) is 0 Å². The Kier molecular flexibility index (Phi) is 3.89. The molecule has 0 unspecified atom stereocenters. The fraction of sp³-hybridized carbons (Fsp3) is 0.0500. The fourth-order valence-electron chi connectivity index (χ4n) is 2.78. The third-order valence-corrected chi connectivity index (χ3v) is 4.87. The van der Waals surface area contributed by atoms with E-state index in [9.17, 15) is 4.79 Å². The van der Waals surface area contributed by atoms with Crippen LogP contribution in [0.1, 0.15) is 15.9 Å². The predicted octanol–water partition coefficient (Wildman–Crippen LogP) is 4.61. The topological polar surface area (TPSA) is 41.1 Å². The Morgan fingerprint density at radius 1 is 0.917 bits per heavy atom. The molecule has 0 aliphatic carbocycles. The van der Waals surface area contributed by atoms with E-state index >= 15 is 0 Å². The smallest absolute Gasteiger partial charge is 0.256 e. The van der Waals surface area contributed by atoms with Crippen molar-refractivity contribution in [3.8, 4) is 11.1 Å². The van der Waals surface area contributed by atoms with Gasteiger partial charge in [-0.25, -0.2) is 0 Å². The molecule has 0 fully saturated rings. The number of benzene rings is 2. The molecule has 4 heteroatoms. The maximum absolute atomic E-state index is 12.6. The Hall–Kier alpha value is -2.85. The van der Waals surface area contributed by atoms with Gasteiger partial charge in [0, 0.05) is 10.9 Å². The average molecular weight is 332 g/mol. The van der Waals surface area contributed by atoms with E-state index in [1.165, 1.54) is 0 Å². The lowest BCUT2D eigenvalue weighted by Crippen LogP contribution is -2.43. The fourth-order valence-corrected chi connectivity index (χ4v) is 3.78. The number of thiophene rings is 1. The molecule has 0 bridgehead atoms. The third-order valence-electron chi connectivity index (χ3n) is 3.96. The Bertz CT molecular complexity index is 885. The number of carbonyl (C=O) groups excluding carboxylic acids is 1. The van der Waals surface area contributed by atoms with E-state index in [-0.39, 0.29) is 12.1 Å². The summed E-state index contributed by atoms with van der Waals surface area (Å²) in [6, 6.07) is 20.0. The zero-order valence-electron chi connectivity index (χ0n) is 12.9. The summed E-state index contributed by atoms with van der Waals surface area (Å²) in [7, 11) is 0. The maximum Gasteiger partial charge on any atom is 0.256 e. The van der Waals surface area contributed by atoms with Crippen LogP contribution in [0.25, 0.3) is 17.2 Å². The Morgan fingerprint density at radius 3 is 2.38 bits per heavy atom. The van der Waals surface area contributed by atoms with Gasteiger partial charge >= 0.3 is 0 Å². The summed E-state index contributed by atoms with van der Waals surface area (Å²) in [5, 5.41) is 9.35. The zero-order valence-corrected chi connectivity index (χ0v) is 13.7. The first-order valence-corrected chi connectivity index (χ1v) is 8.67. The Morgan fingerprint density at radius 2 is 1.62 bits per heavy atom. The largest absolute Gasteiger partial charge is 0.353 e. The first-order valence-electron chi connectivity index (χ1n) is 7.79. The van der Waals surface area contributed by atoms with Crippen LogP contribution in [-0.4, -0.2) is 12.1 Å². The van der Waals surface area contributed by atoms with Crippen molar-refractivity contribution in [1.82, 2.24) is 5.32 Å². The lowest BCUT2D eigenvalue weighted by Gasteiger charge is -2.24. The van der Waals surface area contributed by atoms with Gasteiger partial charge in [0.2, 0.25) is 0 Å². The lowest BCUT2D eigenvalue weighted by atomic mass is 10.0. The molecule has 1 atom stereocenters. The van der Waals surface area contributed by atoms with Crippen LogP contribution in [0.2, 0.25) is 0 Å². The number of fused-ring (bicyclic) bond motifs is 1. The number of rotatable bonds is 3. The summed E-state index contributed by atoms with van der Waals surface area (Å²) in [5.74, 6) is -0.0356. The molecular weight excluding hydrogens is 316 g/mol. The van der Waals surface area contributed by atoms with Crippen LogP contribution in [-0.2, 0) is 0 Å². The molecule has 3 nitrogen and oxygen atoms in total. The van der Waals surface area contributed by atoms with Crippen LogP contribution in [0.3, 0.4) is 0 Å². The molecule has 2 heterocycles. The molecule has 1 aromatic heterocycles. The van der Waals surface area contributed by atoms with Gasteiger partial charge in [-0.15, -0.1) is 11.3 Å². The molecule has 24 heavy (non-hydrogen) atoms. The summed E-state index contributed by atoms with van der Waals surface area (Å²) < 4.78 is 0. The molecular formula is C20H16N2OS. The zero-order chi connectivity index (χ0) is 16.4. The van der Waals surface area contributed by atoms with Crippen LogP contribution in [0.15, 0.2) is 72.1 Å². The highest BCUT2D eigenvalue weighted by molar-refractivity contribution is 7.15. The predicted molar refractivity (Wildman–Crippen MR) is 100 cm³/mol. The highest BCUT2D eigenvalue weighted by Gasteiger charge is 2.27. The van der Waals surface area contributed by atoms with Crippen molar-refractivity contribution in [3.05, 3.63) is 83.2 Å². The minimum absolute atomic E-state index is 0.0356. The normalized spacial score (nSPS) is 16.5. The van der Waals surface area contributed by atoms with Crippen molar-refractivity contribution in [2.24, 2.45) is 0 Å². The van der Waals surface area contributed by atoms with Crippen molar-refractivity contribution >= 4 is 28.3 Å². The third kappa shape index (κ3) is 2.84. The highest BCUT2D eigenvalue weighted by Crippen LogP contribution is 2.37. The average Bonchev–Trinajstić information content (AvgIpc) is 3.06. The van der Waals surface area contributed by atoms with E-state index in [0.717, 1.165) is 27.3 Å². The molecule has 0 radical (unpaired) electrons. The minimum atomic E-state index is -0.201. The van der Waals surface area contributed by atoms with E-state index in [1.807, 2.05) is 78.2 Å². The number of hydrogen-bond acceptors (Lipinski definition) is 3. The highest BCUT2D eigenvalue weighted by atomic mass is 32.1. The number of amides is 1. The molecule has 3 aromatic rings. The van der Waals surface area contributed by atoms with Crippen molar-refractivity contribution in [2.75, 3.05) is 5.32 Å². The number of carbonyl (C=O) groups is 1. The van der Waals surface area contributed by atoms with Gasteiger partial charge in [0.15, 0.2) is 0 Å². The molecule has 1 amide bonds. The van der Waals surface area contributed by atoms with Gasteiger partial charge in [-0.3, -0.25) is 4.79 Å². The monoisotopic (exact) mass is 332 g/mol. The van der Waals surface area contributed by atoms with Gasteiger partial charge in [-0.1, -0.05) is 66.7 Å². The maximum atomic E-state index is 12.6. The summed E-state index contributed by atoms with van der Waals surface area (Å²) in [5.41, 5.74) is 3.88. The minimum Gasteiger partial charge on any atom is -0.353 e. The van der Waals surface area contributed by atoms with E-state index in [1.54, 1.807) is 11.3 Å². The van der Waals surface area contributed by atoms with Crippen molar-refractivity contribution < 1.29 is 4.79 Å². The van der Waals surface area contributed by atoms with Gasteiger partial charge < -0.3 is 10.6 Å². The summed E-state index contributed by atoms with van der Waals surface area (Å²) in [6.45, 7) is 0. The lowest BCUT2D eigenvalue weighted by molar-refractivity contribution is 0.0944. The second-order valence-electron chi connectivity index (χ2n) is 5.58. The Labute approximate surface area is 144 Å². The number of nitrogens with one attached hydrogen (secondary N) is 2. The van der Waals surface area contributed by atoms with E-state index in [0.29, 0.717) is 0 Å². The Balaban J connectivity index is 1.59. The van der Waals surface area contributed by atoms with E-state index < -0.39 is 0 Å². The summed E-state index contributed by atoms with van der Waals surface area (Å²) in [4.78, 5) is 12.6. The molecule has 1 aliphatic rings. The standard InChI is InChI=1S/C20H16N2OS/c23-19-18-16(15-9-5-2-6-10-15)13-24-20(18)22-17(21-19)12-11-14-7-3-1-4-8-14/h1-13,17,22H,(H,21,23)/b12-11+/t17-/m0/s1. The van der Waals surface area contributed by atoms with Crippen LogP contribution in [0, 0.1) is 0 Å². The molecule has 2 aromatic carbocycles. The molecule has 1 aliphatic heterocycles. The summed E-state index contributed by atoms with van der Waals surface area (Å²) in [6.07, 6.45) is 3.78. The molecule has 4 rings (SSSR count). The van der Waals surface area contributed by atoms with Crippen LogP contribution in [0.5, 0.6) is 0 Å². The van der Waals surface area contributed by atoms with Crippen molar-refractivity contribution in [2.45, 2.75) is 6.17 Å². The van der Waals surface area contributed by atoms with Crippen molar-refractivity contribution in [1.29, 1.82) is 0 Å². The number of hydrogen-bond donors (Lipinski definition) is 2.